The molecule has 7 heteroatoms. The zero-order valence-corrected chi connectivity index (χ0v) is 21.4. The number of hydrogen-bond donors (Lipinski definition) is 1. The predicted molar refractivity (Wildman–Crippen MR) is 151 cm³/mol. The van der Waals surface area contributed by atoms with Crippen LogP contribution in [0.5, 0.6) is 0 Å². The molecule has 36 heavy (non-hydrogen) atoms. The maximum atomic E-state index is 4.78. The Kier molecular flexibility index (Phi) is 6.25. The minimum absolute atomic E-state index is 0.0424. The number of hydrogen-bond acceptors (Lipinski definition) is 7. The highest BCUT2D eigenvalue weighted by Crippen LogP contribution is 2.36. The third kappa shape index (κ3) is 4.40. The van der Waals surface area contributed by atoms with Crippen molar-refractivity contribution in [3.05, 3.63) is 83.5 Å². The number of fused-ring (bicyclic) bond motifs is 1. The highest BCUT2D eigenvalue weighted by atomic mass is 32.1. The Morgan fingerprint density at radius 1 is 0.972 bits per heavy atom. The summed E-state index contributed by atoms with van der Waals surface area (Å²) in [6.07, 6.45) is 6.11. The minimum Gasteiger partial charge on any atom is -0.354 e. The van der Waals surface area contributed by atoms with Gasteiger partial charge in [0, 0.05) is 49.9 Å². The van der Waals surface area contributed by atoms with Gasteiger partial charge in [0.05, 0.1) is 21.8 Å². The number of benzene rings is 2. The number of allylic oxidation sites excluding steroid dienone is 1. The fourth-order valence-electron chi connectivity index (χ4n) is 5.17. The lowest BCUT2D eigenvalue weighted by Crippen LogP contribution is -2.43. The van der Waals surface area contributed by atoms with Gasteiger partial charge >= 0.3 is 0 Å². The molecule has 0 radical (unpaired) electrons. The first-order valence-corrected chi connectivity index (χ1v) is 13.4. The zero-order valence-electron chi connectivity index (χ0n) is 20.6. The highest BCUT2D eigenvalue weighted by Gasteiger charge is 2.26. The van der Waals surface area contributed by atoms with Crippen LogP contribution in [-0.4, -0.2) is 53.4 Å². The van der Waals surface area contributed by atoms with Crippen molar-refractivity contribution in [1.29, 1.82) is 0 Å². The summed E-state index contributed by atoms with van der Waals surface area (Å²) in [7, 11) is 0. The number of aliphatic imine (C=N–C) groups is 1. The molecule has 6 nitrogen and oxygen atoms in total. The van der Waals surface area contributed by atoms with Crippen molar-refractivity contribution < 1.29 is 0 Å². The van der Waals surface area contributed by atoms with Gasteiger partial charge in [0.2, 0.25) is 0 Å². The second-order valence-electron chi connectivity index (χ2n) is 9.37. The molecule has 2 aromatic carbocycles. The largest absolute Gasteiger partial charge is 0.354 e. The SMILES string of the molecule is CC1N=CC=C(c2ccc3ncsc3c2)N1C(C)c1cccc(-c2ccc(N3CCNCC3)nc2)c1. The van der Waals surface area contributed by atoms with Crippen molar-refractivity contribution in [3.8, 4) is 11.1 Å². The van der Waals surface area contributed by atoms with E-state index in [1.807, 2.05) is 17.9 Å². The van der Waals surface area contributed by atoms with Crippen LogP contribution < -0.4 is 10.2 Å². The summed E-state index contributed by atoms with van der Waals surface area (Å²) in [6.45, 7) is 8.45. The monoisotopic (exact) mass is 494 g/mol. The third-order valence-corrected chi connectivity index (χ3v) is 7.94. The molecule has 0 amide bonds. The quantitative estimate of drug-likeness (QED) is 0.391. The molecule has 6 rings (SSSR count). The van der Waals surface area contributed by atoms with Crippen molar-refractivity contribution in [1.82, 2.24) is 20.2 Å². The molecule has 1 saturated heterocycles. The van der Waals surface area contributed by atoms with E-state index in [0.717, 1.165) is 43.1 Å². The molecule has 2 aromatic heterocycles. The van der Waals surface area contributed by atoms with Gasteiger partial charge in [0.15, 0.2) is 0 Å². The molecule has 2 aliphatic rings. The molecule has 2 unspecified atom stereocenters. The van der Waals surface area contributed by atoms with Crippen LogP contribution >= 0.6 is 11.3 Å². The molecular weight excluding hydrogens is 464 g/mol. The molecule has 4 aromatic rings. The van der Waals surface area contributed by atoms with Crippen LogP contribution in [-0.2, 0) is 0 Å². The molecule has 0 spiro atoms. The van der Waals surface area contributed by atoms with E-state index in [-0.39, 0.29) is 12.2 Å². The van der Waals surface area contributed by atoms with Crippen LogP contribution in [0.1, 0.15) is 31.0 Å². The van der Waals surface area contributed by atoms with Crippen LogP contribution in [0.4, 0.5) is 5.82 Å². The second-order valence-corrected chi connectivity index (χ2v) is 10.3. The summed E-state index contributed by atoms with van der Waals surface area (Å²) in [5, 5.41) is 3.40. The van der Waals surface area contributed by atoms with Crippen molar-refractivity contribution in [3.63, 3.8) is 0 Å². The van der Waals surface area contributed by atoms with E-state index in [1.54, 1.807) is 11.3 Å². The van der Waals surface area contributed by atoms with Gasteiger partial charge in [-0.1, -0.05) is 24.3 Å². The lowest BCUT2D eigenvalue weighted by atomic mass is 9.98. The van der Waals surface area contributed by atoms with E-state index in [1.165, 1.54) is 27.1 Å². The van der Waals surface area contributed by atoms with Crippen molar-refractivity contribution >= 4 is 39.3 Å². The maximum absolute atomic E-state index is 4.78. The van der Waals surface area contributed by atoms with E-state index in [0.29, 0.717) is 0 Å². The van der Waals surface area contributed by atoms with Gasteiger partial charge in [0.1, 0.15) is 12.0 Å². The molecule has 0 aliphatic carbocycles. The molecule has 2 atom stereocenters. The van der Waals surface area contributed by atoms with Gasteiger partial charge in [-0.05, 0) is 66.9 Å². The Balaban J connectivity index is 1.28. The van der Waals surface area contributed by atoms with Crippen LogP contribution in [0.3, 0.4) is 0 Å². The maximum Gasteiger partial charge on any atom is 0.128 e. The number of rotatable bonds is 5. The van der Waals surface area contributed by atoms with E-state index < -0.39 is 0 Å². The number of anilines is 1. The second kappa shape index (κ2) is 9.84. The first kappa shape index (κ1) is 22.9. The first-order valence-electron chi connectivity index (χ1n) is 12.5. The Morgan fingerprint density at radius 2 is 1.83 bits per heavy atom. The van der Waals surface area contributed by atoms with Crippen molar-refractivity contribution in [2.45, 2.75) is 26.1 Å². The summed E-state index contributed by atoms with van der Waals surface area (Å²) in [4.78, 5) is 18.7. The van der Waals surface area contributed by atoms with Gasteiger partial charge in [-0.2, -0.15) is 0 Å². The lowest BCUT2D eigenvalue weighted by molar-refractivity contribution is 0.252. The van der Waals surface area contributed by atoms with Crippen molar-refractivity contribution in [2.75, 3.05) is 31.1 Å². The van der Waals surface area contributed by atoms with Gasteiger partial charge < -0.3 is 15.1 Å². The molecule has 0 bridgehead atoms. The lowest BCUT2D eigenvalue weighted by Gasteiger charge is -2.38. The summed E-state index contributed by atoms with van der Waals surface area (Å²) in [5.74, 6) is 1.05. The molecule has 1 N–H and O–H groups in total. The summed E-state index contributed by atoms with van der Waals surface area (Å²) >= 11 is 1.68. The van der Waals surface area contributed by atoms with Crippen LogP contribution in [0, 0.1) is 0 Å². The molecular formula is C29H30N6S. The number of piperazine rings is 1. The van der Waals surface area contributed by atoms with Gasteiger partial charge in [-0.3, -0.25) is 4.99 Å². The zero-order chi connectivity index (χ0) is 24.5. The number of pyridine rings is 1. The van der Waals surface area contributed by atoms with Gasteiger partial charge in [0.25, 0.3) is 0 Å². The third-order valence-electron chi connectivity index (χ3n) is 7.15. The number of nitrogens with one attached hydrogen (secondary N) is 1. The van der Waals surface area contributed by atoms with Gasteiger partial charge in [-0.25, -0.2) is 9.97 Å². The smallest absolute Gasteiger partial charge is 0.128 e. The fraction of sp³-hybridized carbons (Fsp3) is 0.276. The fourth-order valence-corrected chi connectivity index (χ4v) is 5.88. The highest BCUT2D eigenvalue weighted by molar-refractivity contribution is 7.16. The topological polar surface area (TPSA) is 56.7 Å². The average Bonchev–Trinajstić information content (AvgIpc) is 3.41. The predicted octanol–water partition coefficient (Wildman–Crippen LogP) is 5.60. The summed E-state index contributed by atoms with van der Waals surface area (Å²) < 4.78 is 1.20. The number of nitrogens with zero attached hydrogens (tertiary/aromatic N) is 5. The van der Waals surface area contributed by atoms with E-state index >= 15 is 0 Å². The van der Waals surface area contributed by atoms with Crippen LogP contribution in [0.15, 0.2) is 77.4 Å². The Morgan fingerprint density at radius 3 is 2.67 bits per heavy atom. The first-order chi connectivity index (χ1) is 17.7. The Labute approximate surface area is 216 Å². The normalized spacial score (nSPS) is 18.9. The Hall–Kier alpha value is -3.55. The van der Waals surface area contributed by atoms with E-state index in [9.17, 15) is 0 Å². The van der Waals surface area contributed by atoms with Crippen LogP contribution in [0.25, 0.3) is 27.0 Å². The molecule has 4 heterocycles. The minimum atomic E-state index is 0.0424. The average molecular weight is 495 g/mol. The Bertz CT molecular complexity index is 1420. The van der Waals surface area contributed by atoms with Crippen molar-refractivity contribution in [2.24, 2.45) is 4.99 Å². The summed E-state index contributed by atoms with van der Waals surface area (Å²) in [6, 6.07) is 19.8. The molecule has 182 valence electrons. The summed E-state index contributed by atoms with van der Waals surface area (Å²) in [5.41, 5.74) is 8.92. The van der Waals surface area contributed by atoms with Gasteiger partial charge in [-0.15, -0.1) is 11.3 Å². The van der Waals surface area contributed by atoms with E-state index in [4.69, 9.17) is 9.98 Å². The number of aromatic nitrogens is 2. The standard InChI is InChI=1S/C29H30N6S/c1-20(35-21(2)31-11-10-27(35)24-6-8-26-28(17-24)36-19-33-26)22-4-3-5-23(16-22)25-7-9-29(32-18-25)34-14-12-30-13-15-34/h3-11,16-21,30H,12-15H2,1-2H3. The molecule has 1 fully saturated rings. The number of thiazole rings is 1. The van der Waals surface area contributed by atoms with E-state index in [2.05, 4.69) is 94.6 Å². The molecule has 2 aliphatic heterocycles. The molecule has 0 saturated carbocycles. The van der Waals surface area contributed by atoms with Crippen LogP contribution in [0.2, 0.25) is 0 Å².